The third kappa shape index (κ3) is 3.47. The summed E-state index contributed by atoms with van der Waals surface area (Å²) in [5.74, 6) is -0.254. The van der Waals surface area contributed by atoms with Gasteiger partial charge in [-0.3, -0.25) is 14.7 Å². The number of morpholine rings is 1. The number of aryl methyl sites for hydroxylation is 2. The average molecular weight is 494 g/mol. The maximum absolute atomic E-state index is 14.0. The van der Waals surface area contributed by atoms with Crippen LogP contribution in [0.25, 0.3) is 22.3 Å². The van der Waals surface area contributed by atoms with Gasteiger partial charge >= 0.3 is 0 Å². The fourth-order valence-corrected chi connectivity index (χ4v) is 6.04. The number of ether oxygens (including phenoxy) is 3. The summed E-state index contributed by atoms with van der Waals surface area (Å²) in [5.41, 5.74) is 5.97. The number of H-pyrrole nitrogens is 2. The van der Waals surface area contributed by atoms with Crippen molar-refractivity contribution in [2.45, 2.75) is 24.7 Å². The molecule has 190 valence electrons. The van der Waals surface area contributed by atoms with Gasteiger partial charge in [0.15, 0.2) is 0 Å². The fraction of sp³-hybridized carbons (Fsp3) is 0.500. The van der Waals surface area contributed by atoms with Crippen LogP contribution in [0.2, 0.25) is 0 Å². The first kappa shape index (κ1) is 23.2. The smallest absolute Gasteiger partial charge is 0.242 e. The van der Waals surface area contributed by atoms with E-state index in [-0.39, 0.29) is 31.6 Å². The molecule has 1 aromatic carbocycles. The van der Waals surface area contributed by atoms with E-state index in [2.05, 4.69) is 21.2 Å². The Kier molecular flexibility index (Phi) is 5.82. The standard InChI is InChI=1S/C26H31N5O5/c1-34-14-26(15-35-2)19-11-20-18(17-5-3-4-16-12-27-29-23(16)24(17)28-20)10-21(19)31(25(26)33)13-22(32)30-6-8-36-9-7-30/h10-12,28H,3-9,13-15H2,1-2H3,(H,27,29). The van der Waals surface area contributed by atoms with E-state index in [1.165, 1.54) is 11.1 Å². The van der Waals surface area contributed by atoms with Crippen LogP contribution < -0.4 is 4.90 Å². The summed E-state index contributed by atoms with van der Waals surface area (Å²) in [5, 5.41) is 8.49. The number of fused-ring (bicyclic) bond motifs is 6. The minimum atomic E-state index is -1.03. The number of methoxy groups -OCH3 is 2. The molecule has 2 N–H and O–H groups in total. The lowest BCUT2D eigenvalue weighted by Crippen LogP contribution is -2.51. The van der Waals surface area contributed by atoms with Crippen LogP contribution in [0.4, 0.5) is 5.69 Å². The van der Waals surface area contributed by atoms with Gasteiger partial charge in [-0.2, -0.15) is 5.10 Å². The highest BCUT2D eigenvalue weighted by Crippen LogP contribution is 2.46. The lowest BCUT2D eigenvalue weighted by Gasteiger charge is -2.30. The Hall–Kier alpha value is -3.21. The number of hydrogen-bond donors (Lipinski definition) is 2. The van der Waals surface area contributed by atoms with E-state index in [0.29, 0.717) is 26.3 Å². The van der Waals surface area contributed by atoms with Gasteiger partial charge in [0.05, 0.1) is 44.0 Å². The molecule has 0 radical (unpaired) electrons. The van der Waals surface area contributed by atoms with Gasteiger partial charge < -0.3 is 29.0 Å². The van der Waals surface area contributed by atoms with Gasteiger partial charge in [-0.1, -0.05) is 0 Å². The van der Waals surface area contributed by atoms with E-state index in [4.69, 9.17) is 14.2 Å². The number of nitrogens with zero attached hydrogens (tertiary/aromatic N) is 3. The number of nitrogens with one attached hydrogen (secondary N) is 2. The second-order valence-corrected chi connectivity index (χ2v) is 9.85. The topological polar surface area (TPSA) is 113 Å². The first-order valence-electron chi connectivity index (χ1n) is 12.4. The van der Waals surface area contributed by atoms with Crippen LogP contribution in [0.5, 0.6) is 0 Å². The van der Waals surface area contributed by atoms with Gasteiger partial charge in [-0.15, -0.1) is 0 Å². The zero-order chi connectivity index (χ0) is 24.9. The molecule has 0 saturated carbocycles. The quantitative estimate of drug-likeness (QED) is 0.541. The highest BCUT2D eigenvalue weighted by molar-refractivity contribution is 6.13. The number of benzene rings is 1. The molecule has 36 heavy (non-hydrogen) atoms. The maximum Gasteiger partial charge on any atom is 0.242 e. The number of anilines is 1. The van der Waals surface area contributed by atoms with Crippen LogP contribution in [-0.4, -0.2) is 92.2 Å². The molecule has 3 aromatic rings. The summed E-state index contributed by atoms with van der Waals surface area (Å²) in [6, 6.07) is 4.11. The van der Waals surface area contributed by atoms with Crippen LogP contribution in [0.1, 0.15) is 23.1 Å². The third-order valence-electron chi connectivity index (χ3n) is 7.76. The molecule has 1 aliphatic carbocycles. The molecular formula is C26H31N5O5. The Bertz CT molecular complexity index is 1320. The van der Waals surface area contributed by atoms with Gasteiger partial charge in [-0.25, -0.2) is 0 Å². The van der Waals surface area contributed by atoms with E-state index < -0.39 is 5.41 Å². The number of hydrogen-bond acceptors (Lipinski definition) is 6. The summed E-state index contributed by atoms with van der Waals surface area (Å²) < 4.78 is 16.5. The molecule has 0 spiro atoms. The largest absolute Gasteiger partial charge is 0.383 e. The van der Waals surface area contributed by atoms with Gasteiger partial charge in [0.1, 0.15) is 12.0 Å². The minimum Gasteiger partial charge on any atom is -0.383 e. The van der Waals surface area contributed by atoms with Crippen LogP contribution in [-0.2, 0) is 42.1 Å². The number of carbonyl (C=O) groups is 2. The monoisotopic (exact) mass is 493 g/mol. The molecule has 0 bridgehead atoms. The van der Waals surface area contributed by atoms with E-state index in [1.54, 1.807) is 24.0 Å². The van der Waals surface area contributed by atoms with Gasteiger partial charge in [-0.05, 0) is 48.1 Å². The molecule has 6 rings (SSSR count). The zero-order valence-corrected chi connectivity index (χ0v) is 20.7. The molecule has 0 atom stereocenters. The van der Waals surface area contributed by atoms with Crippen LogP contribution in [0.15, 0.2) is 18.3 Å². The summed E-state index contributed by atoms with van der Waals surface area (Å²) in [7, 11) is 3.17. The van der Waals surface area contributed by atoms with Crippen molar-refractivity contribution in [1.82, 2.24) is 20.1 Å². The Morgan fingerprint density at radius 1 is 1.14 bits per heavy atom. The Morgan fingerprint density at radius 3 is 2.67 bits per heavy atom. The normalized spacial score (nSPS) is 18.8. The van der Waals surface area contributed by atoms with Gasteiger partial charge in [0, 0.05) is 43.9 Å². The molecule has 1 saturated heterocycles. The number of rotatable bonds is 6. The average Bonchev–Trinajstić information content (AvgIpc) is 3.52. The second-order valence-electron chi connectivity index (χ2n) is 9.85. The summed E-state index contributed by atoms with van der Waals surface area (Å²) >= 11 is 0. The number of aromatic amines is 2. The lowest BCUT2D eigenvalue weighted by molar-refractivity contribution is -0.136. The van der Waals surface area contributed by atoms with E-state index in [9.17, 15) is 9.59 Å². The zero-order valence-electron chi connectivity index (χ0n) is 20.7. The molecule has 10 heteroatoms. The number of aromatic nitrogens is 3. The van der Waals surface area contributed by atoms with Gasteiger partial charge in [0.25, 0.3) is 0 Å². The van der Waals surface area contributed by atoms with Crippen molar-refractivity contribution in [3.05, 3.63) is 35.0 Å². The first-order valence-corrected chi connectivity index (χ1v) is 12.4. The third-order valence-corrected chi connectivity index (χ3v) is 7.76. The molecular weight excluding hydrogens is 462 g/mol. The van der Waals surface area contributed by atoms with E-state index in [0.717, 1.165) is 52.8 Å². The highest BCUT2D eigenvalue weighted by atomic mass is 16.5. The van der Waals surface area contributed by atoms with Crippen molar-refractivity contribution in [3.8, 4) is 11.4 Å². The summed E-state index contributed by atoms with van der Waals surface area (Å²) in [6.07, 6.45) is 4.79. The fourth-order valence-electron chi connectivity index (χ4n) is 6.04. The van der Waals surface area contributed by atoms with E-state index in [1.807, 2.05) is 12.3 Å². The van der Waals surface area contributed by atoms with Crippen LogP contribution >= 0.6 is 0 Å². The number of amides is 2. The van der Waals surface area contributed by atoms with E-state index >= 15 is 0 Å². The van der Waals surface area contributed by atoms with Crippen molar-refractivity contribution in [2.75, 3.05) is 65.2 Å². The van der Waals surface area contributed by atoms with Crippen molar-refractivity contribution in [1.29, 1.82) is 0 Å². The molecule has 2 aliphatic heterocycles. The van der Waals surface area contributed by atoms with Gasteiger partial charge in [0.2, 0.25) is 11.8 Å². The predicted octanol–water partition coefficient (Wildman–Crippen LogP) is 1.78. The molecule has 4 heterocycles. The van der Waals surface area contributed by atoms with Crippen molar-refractivity contribution >= 4 is 28.4 Å². The van der Waals surface area contributed by atoms with Crippen molar-refractivity contribution < 1.29 is 23.8 Å². The second kappa shape index (κ2) is 9.02. The SMILES string of the molecule is COCC1(COC)C(=O)N(CC(=O)N2CCOCC2)c2cc3c4c([nH]c3cc21)-c1[nH]ncc1CCC4. The maximum atomic E-state index is 14.0. The Morgan fingerprint density at radius 2 is 1.92 bits per heavy atom. The van der Waals surface area contributed by atoms with Crippen LogP contribution in [0, 0.1) is 0 Å². The molecule has 10 nitrogen and oxygen atoms in total. The molecule has 2 amide bonds. The first-order chi connectivity index (χ1) is 17.6. The Labute approximate surface area is 208 Å². The Balaban J connectivity index is 1.49. The van der Waals surface area contributed by atoms with Crippen molar-refractivity contribution in [2.24, 2.45) is 0 Å². The summed E-state index contributed by atoms with van der Waals surface area (Å²) in [6.45, 7) is 2.39. The van der Waals surface area contributed by atoms with Crippen molar-refractivity contribution in [3.63, 3.8) is 0 Å². The molecule has 1 fully saturated rings. The molecule has 3 aliphatic rings. The molecule has 2 aromatic heterocycles. The molecule has 0 unspecified atom stereocenters. The highest BCUT2D eigenvalue weighted by Gasteiger charge is 2.52. The predicted molar refractivity (Wildman–Crippen MR) is 133 cm³/mol. The van der Waals surface area contributed by atoms with Crippen LogP contribution in [0.3, 0.4) is 0 Å². The summed E-state index contributed by atoms with van der Waals surface area (Å²) in [4.78, 5) is 34.2. The number of carbonyl (C=O) groups excluding carboxylic acids is 2. The lowest BCUT2D eigenvalue weighted by atomic mass is 9.82. The minimum absolute atomic E-state index is 0.0240.